The molecule has 0 spiro atoms. The second-order valence-electron chi connectivity index (χ2n) is 4.95. The van der Waals surface area contributed by atoms with Crippen molar-refractivity contribution in [3.8, 4) is 0 Å². The van der Waals surface area contributed by atoms with E-state index < -0.39 is 0 Å². The molecule has 0 bridgehead atoms. The number of anilines is 1. The van der Waals surface area contributed by atoms with E-state index in [1.54, 1.807) is 6.20 Å². The van der Waals surface area contributed by atoms with Gasteiger partial charge < -0.3 is 10.4 Å². The molecule has 1 aliphatic heterocycles. The van der Waals surface area contributed by atoms with Crippen LogP contribution in [-0.2, 0) is 6.54 Å². The molecule has 0 saturated carbocycles. The molecular formula is C13H22N4O. The number of hydrogen-bond donors (Lipinski definition) is 2. The first-order valence-electron chi connectivity index (χ1n) is 6.64. The van der Waals surface area contributed by atoms with Crippen molar-refractivity contribution in [2.75, 3.05) is 25.0 Å². The van der Waals surface area contributed by atoms with E-state index in [2.05, 4.69) is 20.2 Å². The van der Waals surface area contributed by atoms with Crippen LogP contribution in [0.15, 0.2) is 12.4 Å². The second kappa shape index (κ2) is 6.11. The molecule has 100 valence electrons. The van der Waals surface area contributed by atoms with Gasteiger partial charge in [-0.2, -0.15) is 0 Å². The van der Waals surface area contributed by atoms with Crippen molar-refractivity contribution in [3.63, 3.8) is 0 Å². The predicted molar refractivity (Wildman–Crippen MR) is 71.3 cm³/mol. The summed E-state index contributed by atoms with van der Waals surface area (Å²) >= 11 is 0. The molecule has 0 aromatic carbocycles. The van der Waals surface area contributed by atoms with Crippen LogP contribution in [-0.4, -0.2) is 45.7 Å². The zero-order valence-corrected chi connectivity index (χ0v) is 11.1. The zero-order chi connectivity index (χ0) is 13.0. The SMILES string of the molecule is CCNc1cnc(CN2CCC(C(C)O)C2)cn1. The highest BCUT2D eigenvalue weighted by Crippen LogP contribution is 2.20. The van der Waals surface area contributed by atoms with Crippen molar-refractivity contribution in [1.82, 2.24) is 14.9 Å². The van der Waals surface area contributed by atoms with Crippen LogP contribution in [0.3, 0.4) is 0 Å². The third-order valence-electron chi connectivity index (χ3n) is 3.44. The van der Waals surface area contributed by atoms with E-state index in [0.717, 1.165) is 44.1 Å². The predicted octanol–water partition coefficient (Wildman–Crippen LogP) is 1.11. The molecule has 2 N–H and O–H groups in total. The van der Waals surface area contributed by atoms with Crippen LogP contribution in [0.25, 0.3) is 0 Å². The number of hydrogen-bond acceptors (Lipinski definition) is 5. The van der Waals surface area contributed by atoms with Gasteiger partial charge in [0.15, 0.2) is 0 Å². The maximum atomic E-state index is 9.57. The average molecular weight is 250 g/mol. The van der Waals surface area contributed by atoms with Crippen molar-refractivity contribution < 1.29 is 5.11 Å². The third-order valence-corrected chi connectivity index (χ3v) is 3.44. The maximum absolute atomic E-state index is 9.57. The minimum Gasteiger partial charge on any atom is -0.393 e. The van der Waals surface area contributed by atoms with Gasteiger partial charge in [0, 0.05) is 19.6 Å². The zero-order valence-electron chi connectivity index (χ0n) is 11.1. The number of aromatic nitrogens is 2. The highest BCUT2D eigenvalue weighted by Gasteiger charge is 2.25. The Hall–Kier alpha value is -1.20. The van der Waals surface area contributed by atoms with Crippen molar-refractivity contribution >= 4 is 5.82 Å². The van der Waals surface area contributed by atoms with Crippen LogP contribution >= 0.6 is 0 Å². The van der Waals surface area contributed by atoms with Crippen LogP contribution in [0, 0.1) is 5.92 Å². The second-order valence-corrected chi connectivity index (χ2v) is 4.95. The van der Waals surface area contributed by atoms with Gasteiger partial charge in [-0.3, -0.25) is 9.88 Å². The number of nitrogens with zero attached hydrogens (tertiary/aromatic N) is 3. The monoisotopic (exact) mass is 250 g/mol. The number of nitrogens with one attached hydrogen (secondary N) is 1. The Morgan fingerprint density at radius 2 is 2.33 bits per heavy atom. The fourth-order valence-corrected chi connectivity index (χ4v) is 2.34. The first-order valence-corrected chi connectivity index (χ1v) is 6.64. The van der Waals surface area contributed by atoms with Crippen LogP contribution in [0.5, 0.6) is 0 Å². The third kappa shape index (κ3) is 3.40. The van der Waals surface area contributed by atoms with Gasteiger partial charge in [0.25, 0.3) is 0 Å². The molecule has 18 heavy (non-hydrogen) atoms. The van der Waals surface area contributed by atoms with E-state index in [4.69, 9.17) is 0 Å². The van der Waals surface area contributed by atoms with Crippen LogP contribution < -0.4 is 5.32 Å². The van der Waals surface area contributed by atoms with Crippen molar-refractivity contribution in [2.24, 2.45) is 5.92 Å². The van der Waals surface area contributed by atoms with E-state index in [-0.39, 0.29) is 6.10 Å². The Bertz CT molecular complexity index is 366. The van der Waals surface area contributed by atoms with Gasteiger partial charge in [0.1, 0.15) is 5.82 Å². The fraction of sp³-hybridized carbons (Fsp3) is 0.692. The number of rotatable bonds is 5. The summed E-state index contributed by atoms with van der Waals surface area (Å²) in [7, 11) is 0. The molecule has 5 nitrogen and oxygen atoms in total. The highest BCUT2D eigenvalue weighted by molar-refractivity contribution is 5.30. The average Bonchev–Trinajstić information content (AvgIpc) is 2.81. The van der Waals surface area contributed by atoms with Gasteiger partial charge in [-0.15, -0.1) is 0 Å². The van der Waals surface area contributed by atoms with E-state index in [1.807, 2.05) is 20.0 Å². The minimum absolute atomic E-state index is 0.211. The molecule has 5 heteroatoms. The lowest BCUT2D eigenvalue weighted by Crippen LogP contribution is -2.24. The molecule has 2 unspecified atom stereocenters. The molecular weight excluding hydrogens is 228 g/mol. The largest absolute Gasteiger partial charge is 0.393 e. The van der Waals surface area contributed by atoms with Crippen LogP contribution in [0.2, 0.25) is 0 Å². The van der Waals surface area contributed by atoms with Gasteiger partial charge in [-0.25, -0.2) is 4.98 Å². The summed E-state index contributed by atoms with van der Waals surface area (Å²) < 4.78 is 0. The first kappa shape index (κ1) is 13.2. The summed E-state index contributed by atoms with van der Waals surface area (Å²) in [5.41, 5.74) is 0.989. The maximum Gasteiger partial charge on any atom is 0.144 e. The van der Waals surface area contributed by atoms with E-state index >= 15 is 0 Å². The Labute approximate surface area is 108 Å². The molecule has 1 fully saturated rings. The fourth-order valence-electron chi connectivity index (χ4n) is 2.34. The summed E-state index contributed by atoms with van der Waals surface area (Å²) in [6.07, 6.45) is 4.46. The van der Waals surface area contributed by atoms with Crippen LogP contribution in [0.1, 0.15) is 26.0 Å². The van der Waals surface area contributed by atoms with Gasteiger partial charge in [-0.1, -0.05) is 0 Å². The van der Waals surface area contributed by atoms with E-state index in [1.165, 1.54) is 0 Å². The smallest absolute Gasteiger partial charge is 0.144 e. The molecule has 1 aliphatic rings. The topological polar surface area (TPSA) is 61.3 Å². The molecule has 2 atom stereocenters. The summed E-state index contributed by atoms with van der Waals surface area (Å²) in [6, 6.07) is 0. The normalized spacial score (nSPS) is 22.1. The summed E-state index contributed by atoms with van der Waals surface area (Å²) in [5, 5.41) is 12.7. The van der Waals surface area contributed by atoms with Gasteiger partial charge in [0.05, 0.1) is 24.2 Å². The Kier molecular flexibility index (Phi) is 4.49. The Balaban J connectivity index is 1.86. The van der Waals surface area contributed by atoms with Gasteiger partial charge in [0.2, 0.25) is 0 Å². The molecule has 0 radical (unpaired) electrons. The van der Waals surface area contributed by atoms with E-state index in [9.17, 15) is 5.11 Å². The lowest BCUT2D eigenvalue weighted by molar-refractivity contribution is 0.127. The number of likely N-dealkylation sites (tertiary alicyclic amines) is 1. The summed E-state index contributed by atoms with van der Waals surface area (Å²) in [5.74, 6) is 1.23. The molecule has 1 saturated heterocycles. The van der Waals surface area contributed by atoms with Gasteiger partial charge in [-0.05, 0) is 32.7 Å². The molecule has 0 aliphatic carbocycles. The summed E-state index contributed by atoms with van der Waals surface area (Å²) in [4.78, 5) is 11.0. The Morgan fingerprint density at radius 3 is 2.89 bits per heavy atom. The number of aliphatic hydroxyl groups excluding tert-OH is 1. The van der Waals surface area contributed by atoms with Crippen molar-refractivity contribution in [1.29, 1.82) is 0 Å². The lowest BCUT2D eigenvalue weighted by Gasteiger charge is -2.16. The molecule has 2 rings (SSSR count). The molecule has 1 aromatic heterocycles. The standard InChI is InChI=1S/C13H22N4O/c1-3-14-13-7-15-12(6-16-13)9-17-5-4-11(8-17)10(2)18/h6-7,10-11,18H,3-5,8-9H2,1-2H3,(H,14,16). The number of aliphatic hydroxyl groups is 1. The van der Waals surface area contributed by atoms with Crippen LogP contribution in [0.4, 0.5) is 5.82 Å². The first-order chi connectivity index (χ1) is 8.69. The Morgan fingerprint density at radius 1 is 1.50 bits per heavy atom. The van der Waals surface area contributed by atoms with Crippen molar-refractivity contribution in [3.05, 3.63) is 18.1 Å². The van der Waals surface area contributed by atoms with Crippen molar-refractivity contribution in [2.45, 2.75) is 32.9 Å². The minimum atomic E-state index is -0.211. The molecule has 0 amide bonds. The van der Waals surface area contributed by atoms with E-state index in [0.29, 0.717) is 5.92 Å². The molecule has 1 aromatic rings. The molecule has 2 heterocycles. The highest BCUT2D eigenvalue weighted by atomic mass is 16.3. The summed E-state index contributed by atoms with van der Waals surface area (Å²) in [6.45, 7) is 7.58. The lowest BCUT2D eigenvalue weighted by atomic mass is 10.0. The quantitative estimate of drug-likeness (QED) is 0.820. The van der Waals surface area contributed by atoms with Gasteiger partial charge >= 0.3 is 0 Å².